The van der Waals surface area contributed by atoms with Gasteiger partial charge in [-0.3, -0.25) is 14.5 Å². The highest BCUT2D eigenvalue weighted by molar-refractivity contribution is 5.86. The molecule has 1 aromatic rings. The lowest BCUT2D eigenvalue weighted by molar-refractivity contribution is -0.126. The van der Waals surface area contributed by atoms with Crippen molar-refractivity contribution in [2.45, 2.75) is 46.2 Å². The van der Waals surface area contributed by atoms with Crippen molar-refractivity contribution in [3.05, 3.63) is 35.4 Å². The number of likely N-dealkylation sites (tertiary alicyclic amines) is 1. The van der Waals surface area contributed by atoms with E-state index in [9.17, 15) is 9.59 Å². The van der Waals surface area contributed by atoms with Crippen LogP contribution in [0, 0.1) is 17.8 Å². The Labute approximate surface area is 156 Å². The molecule has 1 saturated carbocycles. The van der Waals surface area contributed by atoms with E-state index < -0.39 is 0 Å². The molecule has 0 radical (unpaired) electrons. The minimum absolute atomic E-state index is 0.00542. The van der Waals surface area contributed by atoms with E-state index in [1.54, 1.807) is 0 Å². The molecule has 0 spiro atoms. The first-order valence-electron chi connectivity index (χ1n) is 9.84. The standard InChI is InChI=1S/C21H31N3O2/c1-15-9-16(2)13-24(12-15)14-18-5-3-17(4-6-18)10-22-20(25)11-23-21(26)19-7-8-19/h3-6,15-16,19H,7-14H2,1-2H3,(H,22,25)(H,23,26). The lowest BCUT2D eigenvalue weighted by Crippen LogP contribution is -2.38. The van der Waals surface area contributed by atoms with Crippen LogP contribution in [0.4, 0.5) is 0 Å². The van der Waals surface area contributed by atoms with Gasteiger partial charge < -0.3 is 10.6 Å². The Balaban J connectivity index is 1.39. The molecule has 3 rings (SSSR count). The van der Waals surface area contributed by atoms with Crippen LogP contribution in [0.25, 0.3) is 0 Å². The van der Waals surface area contributed by atoms with Crippen molar-refractivity contribution in [3.8, 4) is 0 Å². The van der Waals surface area contributed by atoms with Gasteiger partial charge in [0, 0.05) is 32.1 Å². The van der Waals surface area contributed by atoms with Crippen LogP contribution in [0.15, 0.2) is 24.3 Å². The maximum absolute atomic E-state index is 11.8. The molecule has 5 nitrogen and oxygen atoms in total. The Morgan fingerprint density at radius 1 is 1.00 bits per heavy atom. The van der Waals surface area contributed by atoms with Gasteiger partial charge in [-0.1, -0.05) is 38.1 Å². The molecular weight excluding hydrogens is 326 g/mol. The van der Waals surface area contributed by atoms with Gasteiger partial charge in [0.15, 0.2) is 0 Å². The van der Waals surface area contributed by atoms with Crippen molar-refractivity contribution in [1.29, 1.82) is 0 Å². The quantitative estimate of drug-likeness (QED) is 0.787. The van der Waals surface area contributed by atoms with E-state index in [2.05, 4.69) is 53.6 Å². The molecule has 2 unspecified atom stereocenters. The van der Waals surface area contributed by atoms with Gasteiger partial charge in [0.25, 0.3) is 0 Å². The summed E-state index contributed by atoms with van der Waals surface area (Å²) in [7, 11) is 0. The summed E-state index contributed by atoms with van der Waals surface area (Å²) in [5, 5.41) is 5.55. The van der Waals surface area contributed by atoms with Crippen LogP contribution in [0.3, 0.4) is 0 Å². The lowest BCUT2D eigenvalue weighted by atomic mass is 9.91. The molecule has 1 aromatic carbocycles. The van der Waals surface area contributed by atoms with Gasteiger partial charge in [-0.2, -0.15) is 0 Å². The molecule has 0 aromatic heterocycles. The summed E-state index contributed by atoms with van der Waals surface area (Å²) in [4.78, 5) is 25.9. The second kappa shape index (κ2) is 8.67. The lowest BCUT2D eigenvalue weighted by Gasteiger charge is -2.35. The zero-order chi connectivity index (χ0) is 18.5. The molecule has 1 saturated heterocycles. The number of nitrogens with one attached hydrogen (secondary N) is 2. The maximum atomic E-state index is 11.8. The highest BCUT2D eigenvalue weighted by atomic mass is 16.2. The van der Waals surface area contributed by atoms with Crippen LogP contribution in [0.2, 0.25) is 0 Å². The first-order chi connectivity index (χ1) is 12.5. The average Bonchev–Trinajstić information content (AvgIpc) is 3.43. The van der Waals surface area contributed by atoms with Crippen molar-refractivity contribution in [2.75, 3.05) is 19.6 Å². The third-order valence-corrected chi connectivity index (χ3v) is 5.23. The van der Waals surface area contributed by atoms with Crippen molar-refractivity contribution < 1.29 is 9.59 Å². The molecular formula is C21H31N3O2. The van der Waals surface area contributed by atoms with E-state index >= 15 is 0 Å². The highest BCUT2D eigenvalue weighted by Gasteiger charge is 2.29. The third-order valence-electron chi connectivity index (χ3n) is 5.23. The molecule has 0 bridgehead atoms. The first-order valence-corrected chi connectivity index (χ1v) is 9.84. The minimum atomic E-state index is -0.139. The Bertz CT molecular complexity index is 615. The second-order valence-corrected chi connectivity index (χ2v) is 8.23. The summed E-state index contributed by atoms with van der Waals surface area (Å²) in [6.45, 7) is 8.58. The molecule has 2 atom stereocenters. The van der Waals surface area contributed by atoms with E-state index in [1.807, 2.05) is 0 Å². The Morgan fingerprint density at radius 3 is 2.23 bits per heavy atom. The number of carbonyl (C=O) groups excluding carboxylic acids is 2. The predicted octanol–water partition coefficient (Wildman–Crippen LogP) is 2.31. The van der Waals surface area contributed by atoms with Crippen molar-refractivity contribution in [1.82, 2.24) is 15.5 Å². The van der Waals surface area contributed by atoms with E-state index in [1.165, 1.54) is 25.1 Å². The molecule has 1 aliphatic carbocycles. The van der Waals surface area contributed by atoms with Gasteiger partial charge in [0.2, 0.25) is 11.8 Å². The molecule has 2 N–H and O–H groups in total. The zero-order valence-corrected chi connectivity index (χ0v) is 16.0. The maximum Gasteiger partial charge on any atom is 0.239 e. The molecule has 2 amide bonds. The molecule has 2 fully saturated rings. The fourth-order valence-electron chi connectivity index (χ4n) is 3.86. The van der Waals surface area contributed by atoms with Crippen LogP contribution < -0.4 is 10.6 Å². The van der Waals surface area contributed by atoms with Gasteiger partial charge in [0.1, 0.15) is 0 Å². The monoisotopic (exact) mass is 357 g/mol. The number of carbonyl (C=O) groups is 2. The van der Waals surface area contributed by atoms with Crippen molar-refractivity contribution in [3.63, 3.8) is 0 Å². The minimum Gasteiger partial charge on any atom is -0.350 e. The van der Waals surface area contributed by atoms with Crippen molar-refractivity contribution in [2.24, 2.45) is 17.8 Å². The van der Waals surface area contributed by atoms with Crippen LogP contribution in [0.5, 0.6) is 0 Å². The summed E-state index contributed by atoms with van der Waals surface area (Å²) >= 11 is 0. The number of hydrogen-bond donors (Lipinski definition) is 2. The highest BCUT2D eigenvalue weighted by Crippen LogP contribution is 2.28. The average molecular weight is 357 g/mol. The molecule has 1 aliphatic heterocycles. The van der Waals surface area contributed by atoms with E-state index in [-0.39, 0.29) is 24.3 Å². The molecule has 142 valence electrons. The fraction of sp³-hybridized carbons (Fsp3) is 0.619. The Hall–Kier alpha value is -1.88. The number of piperidine rings is 1. The van der Waals surface area contributed by atoms with E-state index in [0.717, 1.165) is 36.8 Å². The summed E-state index contributed by atoms with van der Waals surface area (Å²) in [5.41, 5.74) is 2.40. The molecule has 2 aliphatic rings. The van der Waals surface area contributed by atoms with Gasteiger partial charge in [0.05, 0.1) is 6.54 Å². The summed E-state index contributed by atoms with van der Waals surface area (Å²) in [6.07, 6.45) is 3.24. The van der Waals surface area contributed by atoms with Crippen LogP contribution in [-0.4, -0.2) is 36.3 Å². The summed E-state index contributed by atoms with van der Waals surface area (Å²) in [6, 6.07) is 8.46. The van der Waals surface area contributed by atoms with Gasteiger partial charge in [-0.25, -0.2) is 0 Å². The van der Waals surface area contributed by atoms with Gasteiger partial charge in [-0.05, 0) is 42.2 Å². The normalized spacial score (nSPS) is 23.5. The Morgan fingerprint density at radius 2 is 1.62 bits per heavy atom. The number of benzene rings is 1. The number of rotatable bonds is 7. The predicted molar refractivity (Wildman–Crippen MR) is 102 cm³/mol. The van der Waals surface area contributed by atoms with E-state index in [4.69, 9.17) is 0 Å². The third kappa shape index (κ3) is 5.84. The Kier molecular flexibility index (Phi) is 6.30. The van der Waals surface area contributed by atoms with Crippen LogP contribution >= 0.6 is 0 Å². The summed E-state index contributed by atoms with van der Waals surface area (Å²) < 4.78 is 0. The second-order valence-electron chi connectivity index (χ2n) is 8.23. The largest absolute Gasteiger partial charge is 0.350 e. The first kappa shape index (κ1) is 18.9. The topological polar surface area (TPSA) is 61.4 Å². The van der Waals surface area contributed by atoms with E-state index in [0.29, 0.717) is 6.54 Å². The number of hydrogen-bond acceptors (Lipinski definition) is 3. The van der Waals surface area contributed by atoms with Gasteiger partial charge >= 0.3 is 0 Å². The fourth-order valence-corrected chi connectivity index (χ4v) is 3.86. The van der Waals surface area contributed by atoms with Crippen molar-refractivity contribution >= 4 is 11.8 Å². The zero-order valence-electron chi connectivity index (χ0n) is 16.0. The number of nitrogens with zero attached hydrogens (tertiary/aromatic N) is 1. The summed E-state index contributed by atoms with van der Waals surface area (Å²) in [5.74, 6) is 1.55. The van der Waals surface area contributed by atoms with Gasteiger partial charge in [-0.15, -0.1) is 0 Å². The molecule has 5 heteroatoms. The smallest absolute Gasteiger partial charge is 0.239 e. The SMILES string of the molecule is CC1CC(C)CN(Cc2ccc(CNC(=O)CNC(=O)C3CC3)cc2)C1. The molecule has 1 heterocycles. The molecule has 26 heavy (non-hydrogen) atoms. The van der Waals surface area contributed by atoms with Crippen LogP contribution in [0.1, 0.15) is 44.2 Å². The number of amides is 2. The van der Waals surface area contributed by atoms with Crippen LogP contribution in [-0.2, 0) is 22.7 Å².